The third-order valence-electron chi connectivity index (χ3n) is 3.25. The summed E-state index contributed by atoms with van der Waals surface area (Å²) in [6.07, 6.45) is 6.26. The quantitative estimate of drug-likeness (QED) is 0.675. The number of aliphatic hydroxyl groups is 1. The van der Waals surface area contributed by atoms with Gasteiger partial charge >= 0.3 is 0 Å². The van der Waals surface area contributed by atoms with Crippen LogP contribution in [0.2, 0.25) is 0 Å². The van der Waals surface area contributed by atoms with Gasteiger partial charge in [-0.3, -0.25) is 0 Å². The van der Waals surface area contributed by atoms with E-state index < -0.39 is 0 Å². The average Bonchev–Trinajstić information content (AvgIpc) is 1.83. The SMILES string of the molecule is CC1(C)CCCC(C)(CCO)C1. The molecule has 0 aromatic rings. The van der Waals surface area contributed by atoms with Crippen LogP contribution in [0.1, 0.15) is 52.9 Å². The van der Waals surface area contributed by atoms with Gasteiger partial charge in [0.25, 0.3) is 0 Å². The molecule has 0 spiro atoms. The van der Waals surface area contributed by atoms with Crippen molar-refractivity contribution in [3.8, 4) is 0 Å². The maximum Gasteiger partial charge on any atom is 0.0436 e. The molecule has 0 amide bonds. The van der Waals surface area contributed by atoms with Gasteiger partial charge in [-0.15, -0.1) is 0 Å². The van der Waals surface area contributed by atoms with E-state index >= 15 is 0 Å². The lowest BCUT2D eigenvalue weighted by atomic mass is 9.63. The van der Waals surface area contributed by atoms with Crippen LogP contribution in [0.25, 0.3) is 0 Å². The molecule has 0 radical (unpaired) electrons. The van der Waals surface area contributed by atoms with Crippen molar-refractivity contribution < 1.29 is 5.11 Å². The van der Waals surface area contributed by atoms with Gasteiger partial charge in [-0.1, -0.05) is 27.2 Å². The van der Waals surface area contributed by atoms with E-state index in [1.807, 2.05) is 0 Å². The topological polar surface area (TPSA) is 20.2 Å². The van der Waals surface area contributed by atoms with E-state index in [4.69, 9.17) is 5.11 Å². The van der Waals surface area contributed by atoms with Gasteiger partial charge in [0, 0.05) is 6.61 Å². The summed E-state index contributed by atoms with van der Waals surface area (Å²) in [6.45, 7) is 7.38. The molecule has 1 fully saturated rings. The van der Waals surface area contributed by atoms with Gasteiger partial charge < -0.3 is 5.11 Å². The zero-order chi connectivity index (χ0) is 9.24. The first-order chi connectivity index (χ1) is 5.47. The summed E-state index contributed by atoms with van der Waals surface area (Å²) in [7, 11) is 0. The fourth-order valence-corrected chi connectivity index (χ4v) is 2.81. The molecule has 0 aromatic carbocycles. The summed E-state index contributed by atoms with van der Waals surface area (Å²) >= 11 is 0. The Bertz CT molecular complexity index is 147. The minimum Gasteiger partial charge on any atom is -0.396 e. The molecule has 1 aliphatic rings. The summed E-state index contributed by atoms with van der Waals surface area (Å²) < 4.78 is 0. The number of hydrogen-bond donors (Lipinski definition) is 1. The van der Waals surface area contributed by atoms with Gasteiger partial charge in [0.1, 0.15) is 0 Å². The van der Waals surface area contributed by atoms with Gasteiger partial charge in [-0.25, -0.2) is 0 Å². The van der Waals surface area contributed by atoms with Crippen molar-refractivity contribution in [1.29, 1.82) is 0 Å². The van der Waals surface area contributed by atoms with Gasteiger partial charge in [-0.2, -0.15) is 0 Å². The maximum atomic E-state index is 8.95. The first-order valence-electron chi connectivity index (χ1n) is 5.08. The molecule has 1 N–H and O–H groups in total. The van der Waals surface area contributed by atoms with Crippen molar-refractivity contribution in [2.75, 3.05) is 6.61 Å². The van der Waals surface area contributed by atoms with E-state index in [-0.39, 0.29) is 0 Å². The van der Waals surface area contributed by atoms with Crippen molar-refractivity contribution in [2.24, 2.45) is 10.8 Å². The lowest BCUT2D eigenvalue weighted by Crippen LogP contribution is -2.31. The van der Waals surface area contributed by atoms with Crippen molar-refractivity contribution in [2.45, 2.75) is 52.9 Å². The lowest BCUT2D eigenvalue weighted by molar-refractivity contribution is 0.0722. The van der Waals surface area contributed by atoms with Crippen LogP contribution in [0.4, 0.5) is 0 Å². The fourth-order valence-electron chi connectivity index (χ4n) is 2.81. The second-order valence-corrected chi connectivity index (χ2v) is 5.48. The highest BCUT2D eigenvalue weighted by atomic mass is 16.3. The summed E-state index contributed by atoms with van der Waals surface area (Å²) in [5.74, 6) is 0. The number of aliphatic hydroxyl groups excluding tert-OH is 1. The minimum absolute atomic E-state index is 0.354. The first kappa shape index (κ1) is 10.0. The normalized spacial score (nSPS) is 35.0. The van der Waals surface area contributed by atoms with E-state index in [1.54, 1.807) is 0 Å². The van der Waals surface area contributed by atoms with E-state index in [9.17, 15) is 0 Å². The van der Waals surface area contributed by atoms with Crippen LogP contribution in [-0.2, 0) is 0 Å². The largest absolute Gasteiger partial charge is 0.396 e. The molecular weight excluding hydrogens is 148 g/mol. The highest BCUT2D eigenvalue weighted by Crippen LogP contribution is 2.47. The number of hydrogen-bond acceptors (Lipinski definition) is 1. The van der Waals surface area contributed by atoms with E-state index in [0.717, 1.165) is 6.42 Å². The summed E-state index contributed by atoms with van der Waals surface area (Å²) in [6, 6.07) is 0. The molecule has 0 saturated heterocycles. The molecule has 0 bridgehead atoms. The van der Waals surface area contributed by atoms with Crippen LogP contribution >= 0.6 is 0 Å². The Morgan fingerprint density at radius 3 is 2.33 bits per heavy atom. The molecule has 0 aliphatic heterocycles. The molecule has 1 saturated carbocycles. The Morgan fingerprint density at radius 1 is 1.17 bits per heavy atom. The molecule has 1 atom stereocenters. The number of rotatable bonds is 2. The maximum absolute atomic E-state index is 8.95. The molecule has 1 heteroatoms. The molecule has 1 nitrogen and oxygen atoms in total. The minimum atomic E-state index is 0.354. The second-order valence-electron chi connectivity index (χ2n) is 5.48. The Balaban J connectivity index is 2.55. The Morgan fingerprint density at radius 2 is 1.83 bits per heavy atom. The molecule has 0 heterocycles. The van der Waals surface area contributed by atoms with Gasteiger partial charge in [-0.05, 0) is 36.5 Å². The second kappa shape index (κ2) is 3.37. The predicted octanol–water partition coefficient (Wildman–Crippen LogP) is 2.98. The van der Waals surface area contributed by atoms with E-state index in [1.165, 1.54) is 25.7 Å². The monoisotopic (exact) mass is 170 g/mol. The third-order valence-corrected chi connectivity index (χ3v) is 3.25. The summed E-state index contributed by atoms with van der Waals surface area (Å²) in [4.78, 5) is 0. The van der Waals surface area contributed by atoms with E-state index in [0.29, 0.717) is 17.4 Å². The average molecular weight is 170 g/mol. The van der Waals surface area contributed by atoms with Gasteiger partial charge in [0.15, 0.2) is 0 Å². The molecule has 1 unspecified atom stereocenters. The lowest BCUT2D eigenvalue weighted by Gasteiger charge is -2.42. The molecule has 72 valence electrons. The zero-order valence-electron chi connectivity index (χ0n) is 8.69. The van der Waals surface area contributed by atoms with Crippen LogP contribution in [0.3, 0.4) is 0 Å². The Labute approximate surface area is 76.2 Å². The highest BCUT2D eigenvalue weighted by Gasteiger charge is 2.35. The standard InChI is InChI=1S/C11H22O/c1-10(2)5-4-6-11(3,9-10)7-8-12/h12H,4-9H2,1-3H3. The molecule has 1 rings (SSSR count). The van der Waals surface area contributed by atoms with Gasteiger partial charge in [0.2, 0.25) is 0 Å². The van der Waals surface area contributed by atoms with Crippen LogP contribution in [0.15, 0.2) is 0 Å². The van der Waals surface area contributed by atoms with Crippen LogP contribution in [0, 0.1) is 10.8 Å². The van der Waals surface area contributed by atoms with Gasteiger partial charge in [0.05, 0.1) is 0 Å². The molecule has 0 aromatic heterocycles. The zero-order valence-corrected chi connectivity index (χ0v) is 8.69. The Hall–Kier alpha value is -0.0400. The van der Waals surface area contributed by atoms with Crippen LogP contribution in [0.5, 0.6) is 0 Å². The molecule has 1 aliphatic carbocycles. The van der Waals surface area contributed by atoms with Crippen molar-refractivity contribution in [3.63, 3.8) is 0 Å². The summed E-state index contributed by atoms with van der Waals surface area (Å²) in [5.41, 5.74) is 0.915. The van der Waals surface area contributed by atoms with Crippen LogP contribution in [-0.4, -0.2) is 11.7 Å². The fraction of sp³-hybridized carbons (Fsp3) is 1.00. The van der Waals surface area contributed by atoms with Crippen molar-refractivity contribution in [3.05, 3.63) is 0 Å². The third kappa shape index (κ3) is 2.48. The molecular formula is C11H22O. The van der Waals surface area contributed by atoms with E-state index in [2.05, 4.69) is 20.8 Å². The summed E-state index contributed by atoms with van der Waals surface area (Å²) in [5, 5.41) is 8.95. The predicted molar refractivity (Wildman–Crippen MR) is 52.1 cm³/mol. The van der Waals surface area contributed by atoms with Crippen molar-refractivity contribution >= 4 is 0 Å². The smallest absolute Gasteiger partial charge is 0.0436 e. The highest BCUT2D eigenvalue weighted by molar-refractivity contribution is 4.87. The first-order valence-corrected chi connectivity index (χ1v) is 5.08. The van der Waals surface area contributed by atoms with Crippen molar-refractivity contribution in [1.82, 2.24) is 0 Å². The molecule has 12 heavy (non-hydrogen) atoms. The Kier molecular flexibility index (Phi) is 2.82. The van der Waals surface area contributed by atoms with Crippen LogP contribution < -0.4 is 0 Å².